The smallest absolute Gasteiger partial charge is 0.191 e. The highest BCUT2D eigenvalue weighted by molar-refractivity contribution is 7.09. The number of hydrogen-bond acceptors (Lipinski definition) is 2. The van der Waals surface area contributed by atoms with Crippen molar-refractivity contribution < 1.29 is 0 Å². The third-order valence-electron chi connectivity index (χ3n) is 4.12. The van der Waals surface area contributed by atoms with E-state index in [-0.39, 0.29) is 5.41 Å². The first-order valence-corrected chi connectivity index (χ1v) is 8.71. The Morgan fingerprint density at radius 1 is 1.27 bits per heavy atom. The number of halogens is 1. The SMILES string of the molecule is CN=C(NCc1cccs1)NCC1(c2cccc(Cl)c2)CC1. The molecule has 2 aromatic rings. The Morgan fingerprint density at radius 2 is 2.14 bits per heavy atom. The monoisotopic (exact) mass is 333 g/mol. The van der Waals surface area contributed by atoms with Crippen LogP contribution in [-0.2, 0) is 12.0 Å². The zero-order valence-corrected chi connectivity index (χ0v) is 14.2. The molecule has 2 N–H and O–H groups in total. The van der Waals surface area contributed by atoms with Gasteiger partial charge in [0.2, 0.25) is 0 Å². The van der Waals surface area contributed by atoms with Crippen LogP contribution in [0.25, 0.3) is 0 Å². The van der Waals surface area contributed by atoms with Crippen molar-refractivity contribution in [3.05, 3.63) is 57.2 Å². The lowest BCUT2D eigenvalue weighted by Crippen LogP contribution is -2.40. The van der Waals surface area contributed by atoms with Crippen molar-refractivity contribution in [1.82, 2.24) is 10.6 Å². The van der Waals surface area contributed by atoms with Crippen LogP contribution in [-0.4, -0.2) is 19.6 Å². The maximum absolute atomic E-state index is 6.12. The molecule has 1 aromatic carbocycles. The minimum absolute atomic E-state index is 0.214. The van der Waals surface area contributed by atoms with Crippen molar-refractivity contribution in [2.24, 2.45) is 4.99 Å². The van der Waals surface area contributed by atoms with Gasteiger partial charge in [0.05, 0.1) is 6.54 Å². The number of guanidine groups is 1. The average molecular weight is 334 g/mol. The van der Waals surface area contributed by atoms with Crippen molar-refractivity contribution in [2.75, 3.05) is 13.6 Å². The van der Waals surface area contributed by atoms with Gasteiger partial charge in [-0.05, 0) is 42.0 Å². The summed E-state index contributed by atoms with van der Waals surface area (Å²) in [5.41, 5.74) is 1.53. The van der Waals surface area contributed by atoms with E-state index < -0.39 is 0 Å². The molecule has 1 aliphatic carbocycles. The van der Waals surface area contributed by atoms with Gasteiger partial charge >= 0.3 is 0 Å². The first-order valence-electron chi connectivity index (χ1n) is 7.45. The Bertz CT molecular complexity index is 648. The molecule has 1 saturated carbocycles. The van der Waals surface area contributed by atoms with Gasteiger partial charge in [-0.1, -0.05) is 29.8 Å². The normalized spacial score (nSPS) is 16.4. The topological polar surface area (TPSA) is 36.4 Å². The summed E-state index contributed by atoms with van der Waals surface area (Å²) in [6.45, 7) is 1.69. The zero-order chi connectivity index (χ0) is 15.4. The second kappa shape index (κ2) is 6.71. The molecule has 22 heavy (non-hydrogen) atoms. The Hall–Kier alpha value is -1.52. The van der Waals surface area contributed by atoms with Gasteiger partial charge in [-0.2, -0.15) is 0 Å². The fourth-order valence-corrected chi connectivity index (χ4v) is 3.43. The first kappa shape index (κ1) is 15.4. The lowest BCUT2D eigenvalue weighted by atomic mass is 9.96. The van der Waals surface area contributed by atoms with Crippen LogP contribution >= 0.6 is 22.9 Å². The predicted molar refractivity (Wildman–Crippen MR) is 94.9 cm³/mol. The van der Waals surface area contributed by atoms with Gasteiger partial charge in [-0.3, -0.25) is 4.99 Å². The Balaban J connectivity index is 1.56. The standard InChI is InChI=1S/C17H20ClN3S/c1-19-16(20-11-15-6-3-9-22-15)21-12-17(7-8-17)13-4-2-5-14(18)10-13/h2-6,9-10H,7-8,11-12H2,1H3,(H2,19,20,21). The summed E-state index contributed by atoms with van der Waals surface area (Å²) in [4.78, 5) is 5.61. The van der Waals surface area contributed by atoms with Gasteiger partial charge in [-0.15, -0.1) is 11.3 Å². The lowest BCUT2D eigenvalue weighted by molar-refractivity contribution is 0.646. The molecule has 0 amide bonds. The molecule has 0 bridgehead atoms. The molecule has 1 aromatic heterocycles. The third-order valence-corrected chi connectivity index (χ3v) is 5.23. The molecule has 3 rings (SSSR count). The van der Waals surface area contributed by atoms with Gasteiger partial charge in [0.15, 0.2) is 5.96 Å². The number of nitrogens with zero attached hydrogens (tertiary/aromatic N) is 1. The van der Waals surface area contributed by atoms with E-state index in [4.69, 9.17) is 11.6 Å². The molecule has 0 spiro atoms. The number of thiophene rings is 1. The van der Waals surface area contributed by atoms with Gasteiger partial charge in [0.1, 0.15) is 0 Å². The van der Waals surface area contributed by atoms with E-state index in [9.17, 15) is 0 Å². The van der Waals surface area contributed by atoms with Crippen molar-refractivity contribution in [2.45, 2.75) is 24.8 Å². The summed E-state index contributed by atoms with van der Waals surface area (Å²) in [5, 5.41) is 9.71. The number of nitrogens with one attached hydrogen (secondary N) is 2. The molecule has 0 radical (unpaired) electrons. The highest BCUT2D eigenvalue weighted by atomic mass is 35.5. The van der Waals surface area contributed by atoms with Crippen LogP contribution in [0.5, 0.6) is 0 Å². The van der Waals surface area contributed by atoms with E-state index >= 15 is 0 Å². The highest BCUT2D eigenvalue weighted by Gasteiger charge is 2.44. The van der Waals surface area contributed by atoms with Crippen LogP contribution in [0.15, 0.2) is 46.8 Å². The predicted octanol–water partition coefficient (Wildman–Crippen LogP) is 3.80. The molecule has 1 aliphatic rings. The summed E-state index contributed by atoms with van der Waals surface area (Å²) in [7, 11) is 1.81. The largest absolute Gasteiger partial charge is 0.356 e. The molecule has 116 valence electrons. The van der Waals surface area contributed by atoms with Crippen LogP contribution in [0.2, 0.25) is 5.02 Å². The van der Waals surface area contributed by atoms with Gasteiger partial charge in [0, 0.05) is 28.9 Å². The summed E-state index contributed by atoms with van der Waals surface area (Å²) in [6, 6.07) is 12.4. The summed E-state index contributed by atoms with van der Waals surface area (Å²) >= 11 is 7.87. The minimum atomic E-state index is 0.214. The number of benzene rings is 1. The van der Waals surface area contributed by atoms with E-state index in [0.717, 1.165) is 24.1 Å². The Kier molecular flexibility index (Phi) is 4.69. The van der Waals surface area contributed by atoms with Crippen LogP contribution in [0.3, 0.4) is 0 Å². The molecule has 0 saturated heterocycles. The molecule has 0 unspecified atom stereocenters. The molecule has 0 atom stereocenters. The fraction of sp³-hybridized carbons (Fsp3) is 0.353. The maximum atomic E-state index is 6.12. The maximum Gasteiger partial charge on any atom is 0.191 e. The van der Waals surface area contributed by atoms with Crippen LogP contribution in [0.4, 0.5) is 0 Å². The number of rotatable bonds is 5. The summed E-state index contributed by atoms with van der Waals surface area (Å²) < 4.78 is 0. The van der Waals surface area contributed by atoms with E-state index in [1.54, 1.807) is 11.3 Å². The van der Waals surface area contributed by atoms with Gasteiger partial charge < -0.3 is 10.6 Å². The van der Waals surface area contributed by atoms with Gasteiger partial charge in [-0.25, -0.2) is 0 Å². The van der Waals surface area contributed by atoms with Crippen molar-refractivity contribution in [3.8, 4) is 0 Å². The third kappa shape index (κ3) is 3.62. The van der Waals surface area contributed by atoms with Crippen molar-refractivity contribution in [1.29, 1.82) is 0 Å². The van der Waals surface area contributed by atoms with Crippen LogP contribution in [0.1, 0.15) is 23.3 Å². The molecular weight excluding hydrogens is 314 g/mol. The first-order chi connectivity index (χ1) is 10.7. The minimum Gasteiger partial charge on any atom is -0.356 e. The van der Waals surface area contributed by atoms with Gasteiger partial charge in [0.25, 0.3) is 0 Å². The van der Waals surface area contributed by atoms with E-state index in [1.807, 2.05) is 19.2 Å². The van der Waals surface area contributed by atoms with E-state index in [1.165, 1.54) is 23.3 Å². The summed E-state index contributed by atoms with van der Waals surface area (Å²) in [6.07, 6.45) is 2.39. The Morgan fingerprint density at radius 3 is 2.77 bits per heavy atom. The molecule has 5 heteroatoms. The van der Waals surface area contributed by atoms with Crippen LogP contribution < -0.4 is 10.6 Å². The second-order valence-corrected chi connectivity index (χ2v) is 7.12. The molecule has 3 nitrogen and oxygen atoms in total. The fourth-order valence-electron chi connectivity index (χ4n) is 2.59. The average Bonchev–Trinajstić information content (AvgIpc) is 3.14. The van der Waals surface area contributed by atoms with Crippen molar-refractivity contribution in [3.63, 3.8) is 0 Å². The molecule has 0 aliphatic heterocycles. The highest BCUT2D eigenvalue weighted by Crippen LogP contribution is 2.48. The zero-order valence-electron chi connectivity index (χ0n) is 12.6. The van der Waals surface area contributed by atoms with Crippen molar-refractivity contribution >= 4 is 28.9 Å². The Labute approximate surface area is 140 Å². The number of hydrogen-bond donors (Lipinski definition) is 2. The number of aliphatic imine (C=N–C) groups is 1. The quantitative estimate of drug-likeness (QED) is 0.645. The molecule has 1 fully saturated rings. The van der Waals surface area contributed by atoms with E-state index in [0.29, 0.717) is 0 Å². The molecular formula is C17H20ClN3S. The lowest BCUT2D eigenvalue weighted by Gasteiger charge is -2.19. The van der Waals surface area contributed by atoms with Crippen LogP contribution in [0, 0.1) is 0 Å². The second-order valence-electron chi connectivity index (χ2n) is 5.65. The summed E-state index contributed by atoms with van der Waals surface area (Å²) in [5.74, 6) is 0.849. The van der Waals surface area contributed by atoms with E-state index in [2.05, 4.69) is 45.3 Å². The molecule has 1 heterocycles.